The maximum absolute atomic E-state index is 12.8. The third-order valence-electron chi connectivity index (χ3n) is 4.75. The zero-order chi connectivity index (χ0) is 21.0. The number of benzene rings is 1. The van der Waals surface area contributed by atoms with Crippen LogP contribution in [0, 0.1) is 11.8 Å². The lowest BCUT2D eigenvalue weighted by Crippen LogP contribution is -2.34. The fourth-order valence-electron chi connectivity index (χ4n) is 3.28. The summed E-state index contributed by atoms with van der Waals surface area (Å²) in [5.41, 5.74) is 1.64. The average Bonchev–Trinajstić information content (AvgIpc) is 3.12. The van der Waals surface area contributed by atoms with Crippen molar-refractivity contribution < 1.29 is 24.2 Å². The predicted molar refractivity (Wildman–Crippen MR) is 112 cm³/mol. The number of allylic oxidation sites excluding steroid dienone is 2. The number of thiophene rings is 1. The van der Waals surface area contributed by atoms with Crippen molar-refractivity contribution in [1.29, 1.82) is 0 Å². The quantitative estimate of drug-likeness (QED) is 0.501. The molecule has 2 aromatic rings. The second kappa shape index (κ2) is 9.24. The number of aliphatic carboxylic acids is 1. The minimum Gasteiger partial charge on any atom is -0.481 e. The number of carboxylic acid groups (broad SMARTS) is 1. The number of ether oxygens (including phenoxy) is 1. The van der Waals surface area contributed by atoms with Crippen molar-refractivity contribution in [2.45, 2.75) is 19.8 Å². The predicted octanol–water partition coefficient (Wildman–Crippen LogP) is 4.85. The van der Waals surface area contributed by atoms with Crippen LogP contribution in [0.2, 0.25) is 5.02 Å². The number of rotatable bonds is 6. The zero-order valence-corrected chi connectivity index (χ0v) is 17.3. The van der Waals surface area contributed by atoms with Crippen molar-refractivity contribution in [2.75, 3.05) is 11.9 Å². The van der Waals surface area contributed by atoms with Gasteiger partial charge in [-0.1, -0.05) is 35.9 Å². The maximum Gasteiger partial charge on any atom is 0.341 e. The van der Waals surface area contributed by atoms with Crippen LogP contribution in [0.25, 0.3) is 11.1 Å². The smallest absolute Gasteiger partial charge is 0.341 e. The second-order valence-electron chi connectivity index (χ2n) is 6.56. The van der Waals surface area contributed by atoms with Crippen LogP contribution < -0.4 is 5.32 Å². The molecule has 1 aromatic carbocycles. The Morgan fingerprint density at radius 3 is 2.45 bits per heavy atom. The molecule has 152 valence electrons. The molecule has 2 N–H and O–H groups in total. The highest BCUT2D eigenvalue weighted by molar-refractivity contribution is 7.15. The highest BCUT2D eigenvalue weighted by atomic mass is 35.5. The number of esters is 1. The SMILES string of the molecule is CCOC(=O)c1c(-c2ccc(Cl)cc2)csc1NC(=O)[C@H]1CC=CC[C@H]1C(=O)O. The molecular weight excluding hydrogens is 414 g/mol. The van der Waals surface area contributed by atoms with Gasteiger partial charge < -0.3 is 15.2 Å². The molecule has 0 fully saturated rings. The third kappa shape index (κ3) is 4.68. The van der Waals surface area contributed by atoms with Crippen LogP contribution in [-0.2, 0) is 14.3 Å². The van der Waals surface area contributed by atoms with E-state index in [4.69, 9.17) is 16.3 Å². The van der Waals surface area contributed by atoms with Crippen molar-refractivity contribution in [3.63, 3.8) is 0 Å². The van der Waals surface area contributed by atoms with Crippen LogP contribution in [-0.4, -0.2) is 29.6 Å². The highest BCUT2D eigenvalue weighted by Gasteiger charge is 2.35. The third-order valence-corrected chi connectivity index (χ3v) is 5.90. The van der Waals surface area contributed by atoms with Gasteiger partial charge in [0.05, 0.1) is 18.4 Å². The van der Waals surface area contributed by atoms with Gasteiger partial charge in [0.25, 0.3) is 0 Å². The number of carbonyl (C=O) groups excluding carboxylic acids is 2. The van der Waals surface area contributed by atoms with E-state index in [-0.39, 0.29) is 12.2 Å². The number of carbonyl (C=O) groups is 3. The summed E-state index contributed by atoms with van der Waals surface area (Å²) in [4.78, 5) is 37.0. The Morgan fingerprint density at radius 1 is 1.17 bits per heavy atom. The maximum atomic E-state index is 12.8. The molecule has 1 amide bonds. The lowest BCUT2D eigenvalue weighted by molar-refractivity contribution is -0.146. The standard InChI is InChI=1S/C21H20ClNO5S/c1-2-28-21(27)17-16(12-7-9-13(22)10-8-12)11-29-19(17)23-18(24)14-5-3-4-6-15(14)20(25)26/h3-4,7-11,14-15H,2,5-6H2,1H3,(H,23,24)(H,25,26)/t14-,15+/m0/s1. The molecule has 0 aliphatic heterocycles. The number of nitrogens with one attached hydrogen (secondary N) is 1. The van der Waals surface area contributed by atoms with Crippen LogP contribution in [0.4, 0.5) is 5.00 Å². The van der Waals surface area contributed by atoms with E-state index in [1.807, 2.05) is 6.08 Å². The van der Waals surface area contributed by atoms with Crippen LogP contribution in [0.15, 0.2) is 41.8 Å². The summed E-state index contributed by atoms with van der Waals surface area (Å²) in [5, 5.41) is 14.9. The van der Waals surface area contributed by atoms with Crippen LogP contribution in [0.5, 0.6) is 0 Å². The van der Waals surface area contributed by atoms with Gasteiger partial charge in [-0.2, -0.15) is 0 Å². The fourth-order valence-corrected chi connectivity index (χ4v) is 4.37. The molecule has 1 heterocycles. The van der Waals surface area contributed by atoms with Gasteiger partial charge in [-0.15, -0.1) is 11.3 Å². The average molecular weight is 434 g/mol. The molecule has 1 aliphatic rings. The second-order valence-corrected chi connectivity index (χ2v) is 7.88. The molecule has 2 atom stereocenters. The van der Waals surface area contributed by atoms with E-state index < -0.39 is 29.7 Å². The van der Waals surface area contributed by atoms with Crippen molar-refractivity contribution in [3.05, 3.63) is 52.4 Å². The molecule has 0 saturated heterocycles. The van der Waals surface area contributed by atoms with Crippen molar-refractivity contribution >= 4 is 45.8 Å². The zero-order valence-electron chi connectivity index (χ0n) is 15.7. The first kappa shape index (κ1) is 21.1. The van der Waals surface area contributed by atoms with E-state index in [9.17, 15) is 19.5 Å². The fraction of sp³-hybridized carbons (Fsp3) is 0.286. The van der Waals surface area contributed by atoms with Crippen LogP contribution >= 0.6 is 22.9 Å². The molecule has 0 bridgehead atoms. The molecule has 0 saturated carbocycles. The van der Waals surface area contributed by atoms with E-state index in [2.05, 4.69) is 5.32 Å². The molecule has 3 rings (SSSR count). The van der Waals surface area contributed by atoms with Crippen LogP contribution in [0.1, 0.15) is 30.1 Å². The van der Waals surface area contributed by atoms with Crippen molar-refractivity contribution in [1.82, 2.24) is 0 Å². The molecule has 1 aromatic heterocycles. The Kier molecular flexibility index (Phi) is 6.71. The Bertz CT molecular complexity index is 950. The summed E-state index contributed by atoms with van der Waals surface area (Å²) >= 11 is 7.15. The lowest BCUT2D eigenvalue weighted by Gasteiger charge is -2.24. The van der Waals surface area contributed by atoms with E-state index >= 15 is 0 Å². The van der Waals surface area contributed by atoms with Gasteiger partial charge in [-0.05, 0) is 37.5 Å². The lowest BCUT2D eigenvalue weighted by atomic mass is 9.82. The monoisotopic (exact) mass is 433 g/mol. The number of amides is 1. The minimum absolute atomic E-state index is 0.191. The Balaban J connectivity index is 1.93. The van der Waals surface area contributed by atoms with E-state index in [0.717, 1.165) is 5.56 Å². The first-order chi connectivity index (χ1) is 13.9. The molecule has 0 unspecified atom stereocenters. The Morgan fingerprint density at radius 2 is 1.83 bits per heavy atom. The van der Waals surface area contributed by atoms with Gasteiger partial charge >= 0.3 is 11.9 Å². The van der Waals surface area contributed by atoms with Crippen molar-refractivity contribution in [2.24, 2.45) is 11.8 Å². The summed E-state index contributed by atoms with van der Waals surface area (Å²) in [6, 6.07) is 7.00. The molecule has 6 nitrogen and oxygen atoms in total. The summed E-state index contributed by atoms with van der Waals surface area (Å²) < 4.78 is 5.18. The number of anilines is 1. The summed E-state index contributed by atoms with van der Waals surface area (Å²) in [6.45, 7) is 1.90. The van der Waals surface area contributed by atoms with Gasteiger partial charge in [0.1, 0.15) is 10.6 Å². The molecule has 0 spiro atoms. The normalized spacial score (nSPS) is 18.3. The van der Waals surface area contributed by atoms with E-state index in [0.29, 0.717) is 28.4 Å². The number of halogens is 1. The van der Waals surface area contributed by atoms with E-state index in [1.165, 1.54) is 11.3 Å². The summed E-state index contributed by atoms with van der Waals surface area (Å²) in [7, 11) is 0. The summed E-state index contributed by atoms with van der Waals surface area (Å²) in [5.74, 6) is -3.47. The molecule has 0 radical (unpaired) electrons. The molecular formula is C21H20ClNO5S. The van der Waals surface area contributed by atoms with Gasteiger partial charge in [0, 0.05) is 16.0 Å². The van der Waals surface area contributed by atoms with E-state index in [1.54, 1.807) is 42.6 Å². The Hall–Kier alpha value is -2.64. The number of hydrogen-bond acceptors (Lipinski definition) is 5. The van der Waals surface area contributed by atoms with Gasteiger partial charge in [0.15, 0.2) is 0 Å². The first-order valence-electron chi connectivity index (χ1n) is 9.15. The van der Waals surface area contributed by atoms with Gasteiger partial charge in [0.2, 0.25) is 5.91 Å². The van der Waals surface area contributed by atoms with Gasteiger partial charge in [-0.3, -0.25) is 9.59 Å². The topological polar surface area (TPSA) is 92.7 Å². The van der Waals surface area contributed by atoms with Crippen LogP contribution in [0.3, 0.4) is 0 Å². The highest BCUT2D eigenvalue weighted by Crippen LogP contribution is 2.37. The molecule has 8 heteroatoms. The largest absolute Gasteiger partial charge is 0.481 e. The van der Waals surface area contributed by atoms with Crippen molar-refractivity contribution in [3.8, 4) is 11.1 Å². The minimum atomic E-state index is -1.01. The molecule has 1 aliphatic carbocycles. The van der Waals surface area contributed by atoms with Gasteiger partial charge in [-0.25, -0.2) is 4.79 Å². The number of hydrogen-bond donors (Lipinski definition) is 2. The Labute approximate surface area is 177 Å². The molecule has 29 heavy (non-hydrogen) atoms. The number of carboxylic acids is 1. The summed E-state index contributed by atoms with van der Waals surface area (Å²) in [6.07, 6.45) is 4.23. The first-order valence-corrected chi connectivity index (χ1v) is 10.4.